The molecule has 1 heterocycles. The van der Waals surface area contributed by atoms with E-state index in [0.717, 1.165) is 6.29 Å². The molecule has 4 heteroatoms. The van der Waals surface area contributed by atoms with Crippen LogP contribution >= 0.6 is 0 Å². The van der Waals surface area contributed by atoms with Crippen molar-refractivity contribution in [3.8, 4) is 11.5 Å². The van der Waals surface area contributed by atoms with Gasteiger partial charge < -0.3 is 14.2 Å². The first kappa shape index (κ1) is 9.98. The Balaban J connectivity index is 2.17. The van der Waals surface area contributed by atoms with E-state index in [1.54, 1.807) is 25.3 Å². The molecule has 80 valence electrons. The Hall–Kier alpha value is -1.55. The molecule has 1 atom stereocenters. The average molecular weight is 208 g/mol. The lowest BCUT2D eigenvalue weighted by Gasteiger charge is -2.26. The van der Waals surface area contributed by atoms with Crippen LogP contribution in [0.15, 0.2) is 18.2 Å². The van der Waals surface area contributed by atoms with Gasteiger partial charge in [0.05, 0.1) is 6.61 Å². The van der Waals surface area contributed by atoms with Gasteiger partial charge in [-0.3, -0.25) is 4.79 Å². The van der Waals surface area contributed by atoms with Gasteiger partial charge in [0.15, 0.2) is 17.6 Å². The first-order chi connectivity index (χ1) is 7.33. The van der Waals surface area contributed by atoms with Gasteiger partial charge in [0.1, 0.15) is 12.9 Å². The Labute approximate surface area is 87.8 Å². The lowest BCUT2D eigenvalue weighted by molar-refractivity contribution is 0.0272. The monoisotopic (exact) mass is 208 g/mol. The van der Waals surface area contributed by atoms with E-state index in [4.69, 9.17) is 14.2 Å². The van der Waals surface area contributed by atoms with Gasteiger partial charge in [-0.05, 0) is 18.2 Å². The molecule has 0 aliphatic carbocycles. The van der Waals surface area contributed by atoms with Crippen LogP contribution in [0.1, 0.15) is 10.4 Å². The number of ether oxygens (including phenoxy) is 3. The molecule has 0 bridgehead atoms. The van der Waals surface area contributed by atoms with Gasteiger partial charge in [-0.25, -0.2) is 0 Å². The van der Waals surface area contributed by atoms with Crippen LogP contribution < -0.4 is 9.47 Å². The first-order valence-corrected chi connectivity index (χ1v) is 4.71. The molecule has 0 amide bonds. The van der Waals surface area contributed by atoms with E-state index in [9.17, 15) is 4.79 Å². The van der Waals surface area contributed by atoms with Crippen LogP contribution in [-0.2, 0) is 4.74 Å². The molecule has 0 radical (unpaired) electrons. The molecule has 1 aromatic carbocycles. The van der Waals surface area contributed by atoms with E-state index in [2.05, 4.69) is 0 Å². The van der Waals surface area contributed by atoms with Crippen LogP contribution in [0.3, 0.4) is 0 Å². The van der Waals surface area contributed by atoms with Gasteiger partial charge in [-0.15, -0.1) is 0 Å². The zero-order valence-electron chi connectivity index (χ0n) is 8.43. The largest absolute Gasteiger partial charge is 0.486 e. The fourth-order valence-electron chi connectivity index (χ4n) is 1.47. The summed E-state index contributed by atoms with van der Waals surface area (Å²) in [6.07, 6.45) is 0.704. The van der Waals surface area contributed by atoms with Crippen LogP contribution in [0.2, 0.25) is 0 Å². The summed E-state index contributed by atoms with van der Waals surface area (Å²) >= 11 is 0. The highest BCUT2D eigenvalue weighted by Gasteiger charge is 2.20. The third kappa shape index (κ3) is 2.10. The number of methoxy groups -OCH3 is 1. The third-order valence-electron chi connectivity index (χ3n) is 2.17. The Morgan fingerprint density at radius 3 is 3.13 bits per heavy atom. The number of fused-ring (bicyclic) bond motifs is 1. The molecule has 1 aromatic rings. The normalized spacial score (nSPS) is 18.6. The minimum Gasteiger partial charge on any atom is -0.486 e. The standard InChI is InChI=1S/C11H12O4/c1-13-6-9-7-14-11-4-8(5-12)2-3-10(11)15-9/h2-5,9H,6-7H2,1H3/t9-/m1/s1. The van der Waals surface area contributed by atoms with E-state index >= 15 is 0 Å². The van der Waals surface area contributed by atoms with Crippen LogP contribution in [0, 0.1) is 0 Å². The number of benzene rings is 1. The second-order valence-corrected chi connectivity index (χ2v) is 3.33. The van der Waals surface area contributed by atoms with Crippen molar-refractivity contribution in [2.75, 3.05) is 20.3 Å². The summed E-state index contributed by atoms with van der Waals surface area (Å²) in [6.45, 7) is 0.942. The van der Waals surface area contributed by atoms with E-state index in [1.165, 1.54) is 0 Å². The van der Waals surface area contributed by atoms with E-state index in [-0.39, 0.29) is 6.10 Å². The molecule has 1 aliphatic rings. The molecule has 2 rings (SSSR count). The molecule has 4 nitrogen and oxygen atoms in total. The zero-order chi connectivity index (χ0) is 10.7. The summed E-state index contributed by atoms with van der Waals surface area (Å²) in [7, 11) is 1.62. The van der Waals surface area contributed by atoms with Crippen molar-refractivity contribution in [2.24, 2.45) is 0 Å². The SMILES string of the molecule is COC[C@@H]1COc2cc(C=O)ccc2O1. The Bertz CT molecular complexity index is 362. The molecule has 1 aliphatic heterocycles. The van der Waals surface area contributed by atoms with Crippen molar-refractivity contribution < 1.29 is 19.0 Å². The van der Waals surface area contributed by atoms with Gasteiger partial charge >= 0.3 is 0 Å². The summed E-state index contributed by atoms with van der Waals surface area (Å²) in [6, 6.07) is 5.11. The van der Waals surface area contributed by atoms with Crippen LogP contribution in [-0.4, -0.2) is 32.7 Å². The number of rotatable bonds is 3. The fourth-order valence-corrected chi connectivity index (χ4v) is 1.47. The second kappa shape index (κ2) is 4.31. The number of carbonyl (C=O) groups excluding carboxylic acids is 1. The number of aldehydes is 1. The molecule has 0 spiro atoms. The van der Waals surface area contributed by atoms with Gasteiger partial charge in [-0.2, -0.15) is 0 Å². The van der Waals surface area contributed by atoms with Crippen molar-refractivity contribution in [1.29, 1.82) is 0 Å². The Kier molecular flexibility index (Phi) is 2.87. The molecule has 0 N–H and O–H groups in total. The van der Waals surface area contributed by atoms with Gasteiger partial charge in [-0.1, -0.05) is 0 Å². The molecule has 0 saturated carbocycles. The number of hydrogen-bond acceptors (Lipinski definition) is 4. The quantitative estimate of drug-likeness (QED) is 0.702. The minimum absolute atomic E-state index is 0.0791. The molecule has 0 aromatic heterocycles. The van der Waals surface area contributed by atoms with E-state index in [0.29, 0.717) is 30.3 Å². The highest BCUT2D eigenvalue weighted by Crippen LogP contribution is 2.32. The number of carbonyl (C=O) groups is 1. The molecule has 15 heavy (non-hydrogen) atoms. The van der Waals surface area contributed by atoms with Crippen molar-refractivity contribution in [2.45, 2.75) is 6.10 Å². The first-order valence-electron chi connectivity index (χ1n) is 4.71. The summed E-state index contributed by atoms with van der Waals surface area (Å²) < 4.78 is 16.1. The lowest BCUT2D eigenvalue weighted by Crippen LogP contribution is -2.32. The molecule has 0 saturated heterocycles. The Morgan fingerprint density at radius 2 is 2.40 bits per heavy atom. The average Bonchev–Trinajstić information content (AvgIpc) is 2.29. The second-order valence-electron chi connectivity index (χ2n) is 3.33. The molecule has 0 unspecified atom stereocenters. The summed E-state index contributed by atoms with van der Waals surface area (Å²) in [5, 5.41) is 0. The van der Waals surface area contributed by atoms with Crippen molar-refractivity contribution in [3.63, 3.8) is 0 Å². The predicted octanol–water partition coefficient (Wildman–Crippen LogP) is 1.29. The van der Waals surface area contributed by atoms with Crippen molar-refractivity contribution in [1.82, 2.24) is 0 Å². The van der Waals surface area contributed by atoms with Crippen molar-refractivity contribution >= 4 is 6.29 Å². The third-order valence-corrected chi connectivity index (χ3v) is 2.17. The summed E-state index contributed by atoms with van der Waals surface area (Å²) in [5.74, 6) is 1.28. The fraction of sp³-hybridized carbons (Fsp3) is 0.364. The lowest BCUT2D eigenvalue weighted by atomic mass is 10.2. The zero-order valence-corrected chi connectivity index (χ0v) is 8.43. The smallest absolute Gasteiger partial charge is 0.162 e. The number of hydrogen-bond donors (Lipinski definition) is 0. The maximum Gasteiger partial charge on any atom is 0.162 e. The highest BCUT2D eigenvalue weighted by atomic mass is 16.6. The van der Waals surface area contributed by atoms with E-state index < -0.39 is 0 Å². The topological polar surface area (TPSA) is 44.8 Å². The minimum atomic E-state index is -0.0791. The van der Waals surface area contributed by atoms with Gasteiger partial charge in [0.2, 0.25) is 0 Å². The summed E-state index contributed by atoms with van der Waals surface area (Å²) in [5.41, 5.74) is 0.586. The maximum absolute atomic E-state index is 10.5. The maximum atomic E-state index is 10.5. The van der Waals surface area contributed by atoms with Crippen LogP contribution in [0.4, 0.5) is 0 Å². The van der Waals surface area contributed by atoms with E-state index in [1.807, 2.05) is 0 Å². The van der Waals surface area contributed by atoms with Crippen molar-refractivity contribution in [3.05, 3.63) is 23.8 Å². The molecule has 0 fully saturated rings. The molecular formula is C11H12O4. The summed E-state index contributed by atoms with van der Waals surface area (Å²) in [4.78, 5) is 10.5. The Morgan fingerprint density at radius 1 is 1.53 bits per heavy atom. The van der Waals surface area contributed by atoms with Gasteiger partial charge in [0.25, 0.3) is 0 Å². The predicted molar refractivity (Wildman–Crippen MR) is 53.6 cm³/mol. The molecular weight excluding hydrogens is 196 g/mol. The van der Waals surface area contributed by atoms with Crippen LogP contribution in [0.25, 0.3) is 0 Å². The van der Waals surface area contributed by atoms with Crippen LogP contribution in [0.5, 0.6) is 11.5 Å². The highest BCUT2D eigenvalue weighted by molar-refractivity contribution is 5.76. The van der Waals surface area contributed by atoms with Gasteiger partial charge in [0, 0.05) is 12.7 Å².